The van der Waals surface area contributed by atoms with Gasteiger partial charge in [-0.25, -0.2) is 4.79 Å². The number of hydrogen-bond acceptors (Lipinski definition) is 5. The zero-order valence-electron chi connectivity index (χ0n) is 9.35. The molecule has 1 heterocycles. The van der Waals surface area contributed by atoms with Gasteiger partial charge >= 0.3 is 5.97 Å². The van der Waals surface area contributed by atoms with Gasteiger partial charge in [0.15, 0.2) is 5.69 Å². The Kier molecular flexibility index (Phi) is 3.98. The molecule has 1 atom stereocenters. The number of hydrogen-bond donors (Lipinski definition) is 2. The molecule has 0 saturated heterocycles. The molecule has 7 nitrogen and oxygen atoms in total. The van der Waals surface area contributed by atoms with E-state index in [2.05, 4.69) is 25.5 Å². The van der Waals surface area contributed by atoms with Crippen LogP contribution in [0.15, 0.2) is 6.20 Å². The molecule has 2 N–H and O–H groups in total. The molecule has 0 fully saturated rings. The van der Waals surface area contributed by atoms with E-state index in [1.54, 1.807) is 0 Å². The summed E-state index contributed by atoms with van der Waals surface area (Å²) < 4.78 is 4.59. The van der Waals surface area contributed by atoms with Crippen LogP contribution >= 0.6 is 0 Å². The molecule has 1 aromatic heterocycles. The van der Waals surface area contributed by atoms with Gasteiger partial charge in [0.1, 0.15) is 6.04 Å². The predicted molar refractivity (Wildman–Crippen MR) is 54.5 cm³/mol. The fraction of sp³-hybridized carbons (Fsp3) is 0.556. The molecule has 0 bridgehead atoms. The maximum atomic E-state index is 11.6. The Bertz CT molecular complexity index is 361. The Labute approximate surface area is 92.6 Å². The van der Waals surface area contributed by atoms with Gasteiger partial charge in [-0.15, -0.1) is 0 Å². The Morgan fingerprint density at radius 1 is 1.50 bits per heavy atom. The van der Waals surface area contributed by atoms with Crippen LogP contribution < -0.4 is 5.32 Å². The van der Waals surface area contributed by atoms with Crippen LogP contribution in [0.25, 0.3) is 0 Å². The average molecular weight is 226 g/mol. The molecule has 16 heavy (non-hydrogen) atoms. The van der Waals surface area contributed by atoms with Crippen molar-refractivity contribution in [2.45, 2.75) is 19.9 Å². The molecule has 1 rings (SSSR count). The number of rotatable bonds is 4. The van der Waals surface area contributed by atoms with Crippen LogP contribution in [0.3, 0.4) is 0 Å². The van der Waals surface area contributed by atoms with Crippen molar-refractivity contribution in [3.05, 3.63) is 11.9 Å². The number of amides is 1. The first-order valence-corrected chi connectivity index (χ1v) is 4.80. The SMILES string of the molecule is COC(=O)[C@@H](NC(=O)c1cn[nH]n1)C(C)C. The van der Waals surface area contributed by atoms with Crippen molar-refractivity contribution in [1.29, 1.82) is 0 Å². The van der Waals surface area contributed by atoms with Crippen molar-refractivity contribution < 1.29 is 14.3 Å². The smallest absolute Gasteiger partial charge is 0.328 e. The van der Waals surface area contributed by atoms with Crippen LogP contribution in [-0.4, -0.2) is 40.4 Å². The molecular formula is C9H14N4O3. The van der Waals surface area contributed by atoms with E-state index in [0.717, 1.165) is 0 Å². The van der Waals surface area contributed by atoms with E-state index in [1.807, 2.05) is 13.8 Å². The minimum absolute atomic E-state index is 0.0664. The molecule has 7 heteroatoms. The quantitative estimate of drug-likeness (QED) is 0.689. The second-order valence-electron chi connectivity index (χ2n) is 3.57. The standard InChI is InChI=1S/C9H14N4O3/c1-5(2)7(9(15)16-3)11-8(14)6-4-10-13-12-6/h4-5,7H,1-3H3,(H,11,14)(H,10,12,13)/t7-/m0/s1. The highest BCUT2D eigenvalue weighted by atomic mass is 16.5. The summed E-state index contributed by atoms with van der Waals surface area (Å²) >= 11 is 0. The van der Waals surface area contributed by atoms with Crippen molar-refractivity contribution in [3.8, 4) is 0 Å². The molecule has 0 spiro atoms. The van der Waals surface area contributed by atoms with E-state index in [-0.39, 0.29) is 11.6 Å². The zero-order chi connectivity index (χ0) is 12.1. The first-order chi connectivity index (χ1) is 7.56. The minimum Gasteiger partial charge on any atom is -0.467 e. The molecule has 88 valence electrons. The van der Waals surface area contributed by atoms with Crippen LogP contribution in [0, 0.1) is 5.92 Å². The third kappa shape index (κ3) is 2.78. The van der Waals surface area contributed by atoms with Crippen LogP contribution in [0.5, 0.6) is 0 Å². The van der Waals surface area contributed by atoms with E-state index in [0.29, 0.717) is 0 Å². The second-order valence-corrected chi connectivity index (χ2v) is 3.57. The Morgan fingerprint density at radius 2 is 2.19 bits per heavy atom. The monoisotopic (exact) mass is 226 g/mol. The van der Waals surface area contributed by atoms with Crippen LogP contribution in [0.2, 0.25) is 0 Å². The lowest BCUT2D eigenvalue weighted by Crippen LogP contribution is -2.45. The Balaban J connectivity index is 2.69. The van der Waals surface area contributed by atoms with Crippen molar-refractivity contribution in [1.82, 2.24) is 20.7 Å². The molecule has 1 amide bonds. The second kappa shape index (κ2) is 5.24. The molecular weight excluding hydrogens is 212 g/mol. The number of esters is 1. The van der Waals surface area contributed by atoms with E-state index in [9.17, 15) is 9.59 Å². The number of H-pyrrole nitrogens is 1. The van der Waals surface area contributed by atoms with Crippen molar-refractivity contribution >= 4 is 11.9 Å². The van der Waals surface area contributed by atoms with Crippen molar-refractivity contribution in [2.75, 3.05) is 7.11 Å². The highest BCUT2D eigenvalue weighted by Crippen LogP contribution is 2.04. The van der Waals surface area contributed by atoms with E-state index in [1.165, 1.54) is 13.3 Å². The lowest BCUT2D eigenvalue weighted by Gasteiger charge is -2.18. The molecule has 0 radical (unpaired) electrons. The number of carbonyl (C=O) groups excluding carboxylic acids is 2. The van der Waals surface area contributed by atoms with E-state index >= 15 is 0 Å². The van der Waals surface area contributed by atoms with Gasteiger partial charge in [0.25, 0.3) is 5.91 Å². The molecule has 0 saturated carbocycles. The summed E-state index contributed by atoms with van der Waals surface area (Å²) in [7, 11) is 1.28. The lowest BCUT2D eigenvalue weighted by molar-refractivity contribution is -0.144. The maximum absolute atomic E-state index is 11.6. The zero-order valence-corrected chi connectivity index (χ0v) is 9.35. The van der Waals surface area contributed by atoms with Gasteiger partial charge in [-0.1, -0.05) is 13.8 Å². The minimum atomic E-state index is -0.686. The Hall–Kier alpha value is -1.92. The first kappa shape index (κ1) is 12.2. The molecule has 0 aromatic carbocycles. The number of nitrogens with one attached hydrogen (secondary N) is 2. The highest BCUT2D eigenvalue weighted by Gasteiger charge is 2.25. The largest absolute Gasteiger partial charge is 0.467 e. The lowest BCUT2D eigenvalue weighted by atomic mass is 10.0. The number of aromatic amines is 1. The topological polar surface area (TPSA) is 97.0 Å². The van der Waals surface area contributed by atoms with Gasteiger partial charge < -0.3 is 10.1 Å². The summed E-state index contributed by atoms with van der Waals surface area (Å²) in [5.41, 5.74) is 0.134. The number of aromatic nitrogens is 3. The molecule has 1 aromatic rings. The fourth-order valence-corrected chi connectivity index (χ4v) is 1.15. The van der Waals surface area contributed by atoms with E-state index < -0.39 is 17.9 Å². The van der Waals surface area contributed by atoms with Gasteiger partial charge in [0.2, 0.25) is 0 Å². The molecule has 0 aliphatic rings. The van der Waals surface area contributed by atoms with Gasteiger partial charge in [-0.3, -0.25) is 4.79 Å². The fourth-order valence-electron chi connectivity index (χ4n) is 1.15. The maximum Gasteiger partial charge on any atom is 0.328 e. The summed E-state index contributed by atoms with van der Waals surface area (Å²) in [4.78, 5) is 23.0. The van der Waals surface area contributed by atoms with Crippen molar-refractivity contribution in [2.24, 2.45) is 5.92 Å². The van der Waals surface area contributed by atoms with Gasteiger partial charge in [-0.05, 0) is 5.92 Å². The van der Waals surface area contributed by atoms with Gasteiger partial charge in [0, 0.05) is 0 Å². The summed E-state index contributed by atoms with van der Waals surface area (Å²) in [5, 5.41) is 12.0. The summed E-state index contributed by atoms with van der Waals surface area (Å²) in [6.45, 7) is 3.62. The molecule has 0 aliphatic heterocycles. The number of ether oxygens (including phenoxy) is 1. The average Bonchev–Trinajstić information content (AvgIpc) is 2.77. The third-order valence-corrected chi connectivity index (χ3v) is 2.06. The molecule has 0 aliphatic carbocycles. The van der Waals surface area contributed by atoms with Crippen molar-refractivity contribution in [3.63, 3.8) is 0 Å². The normalized spacial score (nSPS) is 12.2. The molecule has 0 unspecified atom stereocenters. The van der Waals surface area contributed by atoms with Crippen LogP contribution in [0.1, 0.15) is 24.3 Å². The van der Waals surface area contributed by atoms with Crippen LogP contribution in [-0.2, 0) is 9.53 Å². The first-order valence-electron chi connectivity index (χ1n) is 4.80. The summed E-state index contributed by atoms with van der Waals surface area (Å²) in [6.07, 6.45) is 1.28. The number of nitrogens with zero attached hydrogens (tertiary/aromatic N) is 2. The third-order valence-electron chi connectivity index (χ3n) is 2.06. The van der Waals surface area contributed by atoms with E-state index in [4.69, 9.17) is 0 Å². The summed E-state index contributed by atoms with van der Waals surface area (Å²) in [6, 6.07) is -0.686. The van der Waals surface area contributed by atoms with Crippen LogP contribution in [0.4, 0.5) is 0 Å². The number of carbonyl (C=O) groups is 2. The highest BCUT2D eigenvalue weighted by molar-refractivity contribution is 5.94. The summed E-state index contributed by atoms with van der Waals surface area (Å²) in [5.74, 6) is -1.01. The van der Waals surface area contributed by atoms with Gasteiger partial charge in [-0.2, -0.15) is 15.4 Å². The predicted octanol–water partition coefficient (Wildman–Crippen LogP) is -0.268. The Morgan fingerprint density at radius 3 is 2.62 bits per heavy atom. The van der Waals surface area contributed by atoms with Gasteiger partial charge in [0.05, 0.1) is 13.3 Å². The number of methoxy groups -OCH3 is 1.